The highest BCUT2D eigenvalue weighted by Gasteiger charge is 2.20. The number of esters is 1. The van der Waals surface area contributed by atoms with E-state index in [0.717, 1.165) is 57.8 Å². The molecule has 0 spiro atoms. The second-order valence-corrected chi connectivity index (χ2v) is 15.0. The van der Waals surface area contributed by atoms with Crippen molar-refractivity contribution in [1.82, 2.24) is 5.32 Å². The topological polar surface area (TPSA) is 95.9 Å². The summed E-state index contributed by atoms with van der Waals surface area (Å²) in [5, 5.41) is 23.0. The molecular weight excluding hydrogens is 610 g/mol. The van der Waals surface area contributed by atoms with Crippen molar-refractivity contribution in [1.29, 1.82) is 0 Å². The van der Waals surface area contributed by atoms with Crippen LogP contribution >= 0.6 is 0 Å². The summed E-state index contributed by atoms with van der Waals surface area (Å²) in [7, 11) is 0. The fraction of sp³-hybridized carbons (Fsp3) is 0.953. The van der Waals surface area contributed by atoms with Crippen LogP contribution in [0, 0.1) is 0 Å². The zero-order valence-corrected chi connectivity index (χ0v) is 32.9. The molecule has 3 N–H and O–H groups in total. The molecule has 0 aromatic rings. The van der Waals surface area contributed by atoms with E-state index in [9.17, 15) is 19.8 Å². The number of ether oxygens (including phenoxy) is 1. The minimum Gasteiger partial charge on any atom is -0.466 e. The Kier molecular flexibility index (Phi) is 38.7. The molecular formula is C43H85NO5. The molecule has 0 aliphatic rings. The van der Waals surface area contributed by atoms with Gasteiger partial charge in [-0.1, -0.05) is 200 Å². The lowest BCUT2D eigenvalue weighted by Gasteiger charge is -2.22. The van der Waals surface area contributed by atoms with Crippen molar-refractivity contribution in [2.45, 2.75) is 251 Å². The number of amides is 1. The summed E-state index contributed by atoms with van der Waals surface area (Å²) >= 11 is 0. The third-order valence-corrected chi connectivity index (χ3v) is 10.2. The first-order chi connectivity index (χ1) is 24.0. The molecule has 0 heterocycles. The SMILES string of the molecule is CCCCCCCCCCCCCCC(=O)OCCCCCCCCCCCCC(=O)NC(CO)C(O)CCCCCCCCCCCC. The third kappa shape index (κ3) is 36.5. The number of aliphatic hydroxyl groups is 2. The van der Waals surface area contributed by atoms with E-state index in [4.69, 9.17) is 4.74 Å². The van der Waals surface area contributed by atoms with Crippen LogP contribution in [0.25, 0.3) is 0 Å². The Hall–Kier alpha value is -1.14. The molecule has 0 bridgehead atoms. The van der Waals surface area contributed by atoms with Crippen LogP contribution in [0.2, 0.25) is 0 Å². The number of carbonyl (C=O) groups is 2. The predicted octanol–water partition coefficient (Wildman–Crippen LogP) is 12.1. The largest absolute Gasteiger partial charge is 0.466 e. The van der Waals surface area contributed by atoms with Crippen LogP contribution in [0.4, 0.5) is 0 Å². The summed E-state index contributed by atoms with van der Waals surface area (Å²) in [6, 6.07) is -0.554. The van der Waals surface area contributed by atoms with Gasteiger partial charge in [-0.05, 0) is 25.7 Å². The fourth-order valence-electron chi connectivity index (χ4n) is 6.75. The van der Waals surface area contributed by atoms with Crippen LogP contribution in [-0.4, -0.2) is 47.4 Å². The van der Waals surface area contributed by atoms with Gasteiger partial charge in [0, 0.05) is 12.8 Å². The van der Waals surface area contributed by atoms with Crippen LogP contribution < -0.4 is 5.32 Å². The lowest BCUT2D eigenvalue weighted by molar-refractivity contribution is -0.143. The Bertz CT molecular complexity index is 687. The predicted molar refractivity (Wildman–Crippen MR) is 209 cm³/mol. The van der Waals surface area contributed by atoms with Crippen molar-refractivity contribution in [2.24, 2.45) is 0 Å². The molecule has 0 fully saturated rings. The van der Waals surface area contributed by atoms with Crippen molar-refractivity contribution in [3.8, 4) is 0 Å². The normalized spacial score (nSPS) is 12.7. The maximum atomic E-state index is 12.4. The van der Waals surface area contributed by atoms with Crippen molar-refractivity contribution in [3.63, 3.8) is 0 Å². The Morgan fingerprint density at radius 2 is 0.837 bits per heavy atom. The molecule has 0 aromatic carbocycles. The molecule has 0 aromatic heterocycles. The van der Waals surface area contributed by atoms with Gasteiger partial charge >= 0.3 is 5.97 Å². The number of nitrogens with one attached hydrogen (secondary N) is 1. The van der Waals surface area contributed by atoms with Crippen LogP contribution in [-0.2, 0) is 14.3 Å². The Balaban J connectivity index is 3.47. The number of hydrogen-bond donors (Lipinski definition) is 3. The van der Waals surface area contributed by atoms with Gasteiger partial charge in [-0.15, -0.1) is 0 Å². The number of unbranched alkanes of at least 4 members (excludes halogenated alkanes) is 29. The second kappa shape index (κ2) is 39.6. The summed E-state index contributed by atoms with van der Waals surface area (Å²) in [6.07, 6.45) is 40.5. The van der Waals surface area contributed by atoms with E-state index < -0.39 is 12.1 Å². The van der Waals surface area contributed by atoms with Crippen molar-refractivity contribution < 1.29 is 24.5 Å². The first kappa shape index (κ1) is 47.9. The molecule has 0 aliphatic heterocycles. The van der Waals surface area contributed by atoms with Crippen molar-refractivity contribution >= 4 is 11.9 Å². The van der Waals surface area contributed by atoms with Gasteiger partial charge in [-0.2, -0.15) is 0 Å². The molecule has 0 rings (SSSR count). The van der Waals surface area contributed by atoms with Gasteiger partial charge in [0.15, 0.2) is 0 Å². The molecule has 0 saturated heterocycles. The molecule has 6 heteroatoms. The monoisotopic (exact) mass is 696 g/mol. The smallest absolute Gasteiger partial charge is 0.305 e. The minimum absolute atomic E-state index is 0.0186. The fourth-order valence-corrected chi connectivity index (χ4v) is 6.75. The second-order valence-electron chi connectivity index (χ2n) is 15.0. The number of aliphatic hydroxyl groups excluding tert-OH is 2. The highest BCUT2D eigenvalue weighted by atomic mass is 16.5. The summed E-state index contributed by atoms with van der Waals surface area (Å²) in [4.78, 5) is 24.3. The van der Waals surface area contributed by atoms with E-state index in [2.05, 4.69) is 19.2 Å². The average molecular weight is 696 g/mol. The quantitative estimate of drug-likeness (QED) is 0.0438. The first-order valence-corrected chi connectivity index (χ1v) is 21.8. The standard InChI is InChI=1S/C43H85NO5/c1-3-5-7-9-11-13-15-16-21-25-29-33-37-43(48)49-38-34-30-26-22-18-17-20-24-28-32-36-42(47)44-40(39-45)41(46)35-31-27-23-19-14-12-10-8-6-4-2/h40-41,45-46H,3-39H2,1-2H3,(H,44,47). The van der Waals surface area contributed by atoms with E-state index in [1.54, 1.807) is 0 Å². The summed E-state index contributed by atoms with van der Waals surface area (Å²) in [5.74, 6) is -0.0776. The maximum absolute atomic E-state index is 12.4. The molecule has 6 nitrogen and oxygen atoms in total. The number of hydrogen-bond acceptors (Lipinski definition) is 5. The van der Waals surface area contributed by atoms with Crippen LogP contribution in [0.1, 0.15) is 239 Å². The first-order valence-electron chi connectivity index (χ1n) is 21.8. The van der Waals surface area contributed by atoms with E-state index in [0.29, 0.717) is 25.9 Å². The number of carbonyl (C=O) groups excluding carboxylic acids is 2. The molecule has 292 valence electrons. The van der Waals surface area contributed by atoms with Crippen LogP contribution in [0.5, 0.6) is 0 Å². The third-order valence-electron chi connectivity index (χ3n) is 10.2. The summed E-state index contributed by atoms with van der Waals surface area (Å²) in [5.41, 5.74) is 0. The maximum Gasteiger partial charge on any atom is 0.305 e. The van der Waals surface area contributed by atoms with E-state index >= 15 is 0 Å². The van der Waals surface area contributed by atoms with E-state index in [1.807, 2.05) is 0 Å². The molecule has 1 amide bonds. The van der Waals surface area contributed by atoms with Gasteiger partial charge in [0.05, 0.1) is 25.4 Å². The van der Waals surface area contributed by atoms with E-state index in [-0.39, 0.29) is 18.5 Å². The molecule has 0 radical (unpaired) electrons. The molecule has 2 unspecified atom stereocenters. The highest BCUT2D eigenvalue weighted by molar-refractivity contribution is 5.76. The molecule has 49 heavy (non-hydrogen) atoms. The summed E-state index contributed by atoms with van der Waals surface area (Å²) < 4.78 is 5.43. The van der Waals surface area contributed by atoms with Crippen molar-refractivity contribution in [3.05, 3.63) is 0 Å². The zero-order valence-electron chi connectivity index (χ0n) is 32.9. The number of rotatable bonds is 40. The Morgan fingerprint density at radius 3 is 1.24 bits per heavy atom. The van der Waals surface area contributed by atoms with Crippen LogP contribution in [0.15, 0.2) is 0 Å². The van der Waals surface area contributed by atoms with Gasteiger partial charge in [0.25, 0.3) is 0 Å². The minimum atomic E-state index is -0.674. The highest BCUT2D eigenvalue weighted by Crippen LogP contribution is 2.15. The van der Waals surface area contributed by atoms with Gasteiger partial charge < -0.3 is 20.3 Å². The summed E-state index contributed by atoms with van der Waals surface area (Å²) in [6.45, 7) is 4.88. The van der Waals surface area contributed by atoms with Crippen LogP contribution in [0.3, 0.4) is 0 Å². The van der Waals surface area contributed by atoms with Crippen molar-refractivity contribution in [2.75, 3.05) is 13.2 Å². The molecule has 2 atom stereocenters. The molecule has 0 saturated carbocycles. The van der Waals surface area contributed by atoms with E-state index in [1.165, 1.54) is 148 Å². The lowest BCUT2D eigenvalue weighted by atomic mass is 10.0. The Morgan fingerprint density at radius 1 is 0.490 bits per heavy atom. The molecule has 0 aliphatic carbocycles. The zero-order chi connectivity index (χ0) is 35.9. The Labute approximate surface area is 305 Å². The lowest BCUT2D eigenvalue weighted by Crippen LogP contribution is -2.45. The van der Waals surface area contributed by atoms with Gasteiger partial charge in [-0.3, -0.25) is 9.59 Å². The average Bonchev–Trinajstić information content (AvgIpc) is 3.10. The van der Waals surface area contributed by atoms with Gasteiger partial charge in [0.2, 0.25) is 5.91 Å². The van der Waals surface area contributed by atoms with Gasteiger partial charge in [0.1, 0.15) is 0 Å². The van der Waals surface area contributed by atoms with Gasteiger partial charge in [-0.25, -0.2) is 0 Å².